The third kappa shape index (κ3) is 3.05. The zero-order chi connectivity index (χ0) is 9.80. The molecule has 0 radical (unpaired) electrons. The Balaban J connectivity index is 0.00000112. The van der Waals surface area contributed by atoms with Crippen LogP contribution in [0.1, 0.15) is 0 Å². The van der Waals surface area contributed by atoms with Gasteiger partial charge >= 0.3 is 0 Å². The highest BCUT2D eigenvalue weighted by Gasteiger charge is 1.99. The molecule has 0 bridgehead atoms. The second-order valence-corrected chi connectivity index (χ2v) is 4.37. The highest BCUT2D eigenvalue weighted by atomic mass is 31.1. The van der Waals surface area contributed by atoms with Crippen molar-refractivity contribution >= 4 is 19.2 Å². The molecule has 0 saturated carbocycles. The molecule has 78 valence electrons. The molecule has 0 fully saturated rings. The minimum absolute atomic E-state index is 0. The predicted molar refractivity (Wildman–Crippen MR) is 65.7 cm³/mol. The first-order chi connectivity index (χ1) is 6.86. The summed E-state index contributed by atoms with van der Waals surface area (Å²) in [6, 6.07) is 17.7. The number of para-hydroxylation sites is 1. The summed E-state index contributed by atoms with van der Waals surface area (Å²) in [6.07, 6.45) is 0. The lowest BCUT2D eigenvalue weighted by atomic mass is 10.3. The van der Waals surface area contributed by atoms with Gasteiger partial charge in [0.1, 0.15) is 5.75 Å². The van der Waals surface area contributed by atoms with Gasteiger partial charge in [0.25, 0.3) is 0 Å². The maximum absolute atomic E-state index is 9.58. The lowest BCUT2D eigenvalue weighted by Crippen LogP contribution is -2.02. The molecule has 0 saturated heterocycles. The van der Waals surface area contributed by atoms with Crippen LogP contribution >= 0.6 is 8.58 Å². The molecule has 0 heterocycles. The Morgan fingerprint density at radius 3 is 2.07 bits per heavy atom. The summed E-state index contributed by atoms with van der Waals surface area (Å²) in [5, 5.41) is 11.8. The van der Waals surface area contributed by atoms with E-state index in [2.05, 4.69) is 12.1 Å². The van der Waals surface area contributed by atoms with Gasteiger partial charge in [-0.3, -0.25) is 0 Å². The van der Waals surface area contributed by atoms with E-state index in [9.17, 15) is 5.11 Å². The van der Waals surface area contributed by atoms with Crippen LogP contribution in [-0.2, 0) is 0 Å². The maximum atomic E-state index is 9.58. The van der Waals surface area contributed by atoms with E-state index in [-0.39, 0.29) is 5.48 Å². The van der Waals surface area contributed by atoms with Gasteiger partial charge in [-0.15, -0.1) is 0 Å². The molecule has 1 unspecified atom stereocenters. The van der Waals surface area contributed by atoms with E-state index in [0.29, 0.717) is 14.3 Å². The predicted octanol–water partition coefficient (Wildman–Crippen LogP) is 1.20. The molecule has 0 aliphatic heterocycles. The summed E-state index contributed by atoms with van der Waals surface area (Å²) in [4.78, 5) is 0. The summed E-state index contributed by atoms with van der Waals surface area (Å²) in [7, 11) is 0.526. The van der Waals surface area contributed by atoms with Gasteiger partial charge in [-0.2, -0.15) is 0 Å². The number of phenols is 1. The first kappa shape index (κ1) is 11.7. The van der Waals surface area contributed by atoms with Gasteiger partial charge in [0, 0.05) is 5.30 Å². The van der Waals surface area contributed by atoms with Crippen molar-refractivity contribution in [2.45, 2.75) is 0 Å². The van der Waals surface area contributed by atoms with Gasteiger partial charge in [0.2, 0.25) is 0 Å². The van der Waals surface area contributed by atoms with E-state index < -0.39 is 0 Å². The van der Waals surface area contributed by atoms with E-state index >= 15 is 0 Å². The van der Waals surface area contributed by atoms with E-state index in [1.165, 1.54) is 5.30 Å². The quantitative estimate of drug-likeness (QED) is 0.759. The summed E-state index contributed by atoms with van der Waals surface area (Å²) in [5.41, 5.74) is 0. The highest BCUT2D eigenvalue weighted by molar-refractivity contribution is 7.55. The van der Waals surface area contributed by atoms with Crippen LogP contribution in [-0.4, -0.2) is 10.6 Å². The van der Waals surface area contributed by atoms with Crippen molar-refractivity contribution < 1.29 is 10.6 Å². The number of aromatic hydroxyl groups is 1. The van der Waals surface area contributed by atoms with Crippen molar-refractivity contribution in [2.75, 3.05) is 0 Å². The first-order valence-corrected chi connectivity index (χ1v) is 5.46. The van der Waals surface area contributed by atoms with Crippen LogP contribution in [0, 0.1) is 0 Å². The number of rotatable bonds is 2. The van der Waals surface area contributed by atoms with Gasteiger partial charge < -0.3 is 10.6 Å². The standard InChI is InChI=1S/C12H11OP.H2O/c13-11-8-4-5-9-12(11)14-10-6-2-1-3-7-10;/h1-9,13-14H;1H2. The summed E-state index contributed by atoms with van der Waals surface area (Å²) in [5.74, 6) is 0.384. The molecular formula is C12H13O2P. The Hall–Kier alpha value is -1.37. The van der Waals surface area contributed by atoms with Crippen molar-refractivity contribution in [3.63, 3.8) is 0 Å². The largest absolute Gasteiger partial charge is 0.507 e. The third-order valence-electron chi connectivity index (χ3n) is 1.96. The van der Waals surface area contributed by atoms with E-state index in [1.807, 2.05) is 36.4 Å². The van der Waals surface area contributed by atoms with Crippen molar-refractivity contribution in [2.24, 2.45) is 0 Å². The Morgan fingerprint density at radius 2 is 1.40 bits per heavy atom. The Morgan fingerprint density at radius 1 is 0.800 bits per heavy atom. The third-order valence-corrected chi connectivity index (χ3v) is 3.27. The molecule has 2 aromatic carbocycles. The lowest BCUT2D eigenvalue weighted by molar-refractivity contribution is 0.480. The topological polar surface area (TPSA) is 51.7 Å². The van der Waals surface area contributed by atoms with Crippen molar-refractivity contribution in [1.82, 2.24) is 0 Å². The molecule has 0 aliphatic carbocycles. The SMILES string of the molecule is O.Oc1ccccc1Pc1ccccc1. The number of hydrogen-bond acceptors (Lipinski definition) is 1. The monoisotopic (exact) mass is 220 g/mol. The first-order valence-electron chi connectivity index (χ1n) is 4.46. The van der Waals surface area contributed by atoms with Crippen LogP contribution in [0.2, 0.25) is 0 Å². The van der Waals surface area contributed by atoms with Crippen molar-refractivity contribution in [3.05, 3.63) is 54.6 Å². The van der Waals surface area contributed by atoms with Crippen LogP contribution in [0.5, 0.6) is 5.75 Å². The molecule has 2 nitrogen and oxygen atoms in total. The van der Waals surface area contributed by atoms with Crippen LogP contribution in [0.4, 0.5) is 0 Å². The Bertz CT molecular complexity index is 415. The summed E-state index contributed by atoms with van der Waals surface area (Å²) < 4.78 is 0. The lowest BCUT2D eigenvalue weighted by Gasteiger charge is -2.03. The van der Waals surface area contributed by atoms with Crippen molar-refractivity contribution in [1.29, 1.82) is 0 Å². The summed E-state index contributed by atoms with van der Waals surface area (Å²) in [6.45, 7) is 0. The molecule has 3 heteroatoms. The molecule has 0 spiro atoms. The molecule has 0 amide bonds. The smallest absolute Gasteiger partial charge is 0.123 e. The van der Waals surface area contributed by atoms with Gasteiger partial charge in [-0.25, -0.2) is 0 Å². The average molecular weight is 220 g/mol. The molecule has 3 N–H and O–H groups in total. The highest BCUT2D eigenvalue weighted by Crippen LogP contribution is 2.17. The fourth-order valence-corrected chi connectivity index (χ4v) is 2.32. The molecule has 15 heavy (non-hydrogen) atoms. The second-order valence-electron chi connectivity index (χ2n) is 3.01. The van der Waals surface area contributed by atoms with Gasteiger partial charge in [0.15, 0.2) is 0 Å². The molecule has 2 aromatic rings. The van der Waals surface area contributed by atoms with Crippen molar-refractivity contribution in [3.8, 4) is 5.75 Å². The molecular weight excluding hydrogens is 207 g/mol. The maximum Gasteiger partial charge on any atom is 0.123 e. The van der Waals surface area contributed by atoms with Crippen LogP contribution < -0.4 is 10.6 Å². The Labute approximate surface area is 90.7 Å². The number of benzene rings is 2. The summed E-state index contributed by atoms with van der Waals surface area (Å²) >= 11 is 0. The Kier molecular flexibility index (Phi) is 4.29. The number of hydrogen-bond donors (Lipinski definition) is 1. The molecule has 0 aliphatic rings. The van der Waals surface area contributed by atoms with Crippen LogP contribution in [0.25, 0.3) is 0 Å². The minimum atomic E-state index is 0. The van der Waals surface area contributed by atoms with Gasteiger partial charge in [-0.1, -0.05) is 57.1 Å². The molecule has 1 atom stereocenters. The van der Waals surface area contributed by atoms with Gasteiger partial charge in [-0.05, 0) is 11.4 Å². The zero-order valence-electron chi connectivity index (χ0n) is 8.14. The minimum Gasteiger partial charge on any atom is -0.507 e. The van der Waals surface area contributed by atoms with Crippen LogP contribution in [0.3, 0.4) is 0 Å². The van der Waals surface area contributed by atoms with E-state index in [4.69, 9.17) is 0 Å². The van der Waals surface area contributed by atoms with E-state index in [0.717, 1.165) is 5.30 Å². The second kappa shape index (κ2) is 5.50. The number of phenolic OH excluding ortho intramolecular Hbond substituents is 1. The van der Waals surface area contributed by atoms with Crippen LogP contribution in [0.15, 0.2) is 54.6 Å². The van der Waals surface area contributed by atoms with E-state index in [1.54, 1.807) is 6.07 Å². The molecule has 2 rings (SSSR count). The van der Waals surface area contributed by atoms with Gasteiger partial charge in [0.05, 0.1) is 0 Å². The molecule has 0 aromatic heterocycles. The zero-order valence-corrected chi connectivity index (χ0v) is 9.14. The average Bonchev–Trinajstić information content (AvgIpc) is 2.23. The fraction of sp³-hybridized carbons (Fsp3) is 0. The normalized spacial score (nSPS) is 10.1. The fourth-order valence-electron chi connectivity index (χ4n) is 1.26.